The van der Waals surface area contributed by atoms with Crippen LogP contribution in [-0.2, 0) is 12.0 Å². The Kier molecular flexibility index (Phi) is 5.59. The van der Waals surface area contributed by atoms with Crippen molar-refractivity contribution in [1.29, 1.82) is 0 Å². The second kappa shape index (κ2) is 7.75. The van der Waals surface area contributed by atoms with Gasteiger partial charge in [0.15, 0.2) is 11.1 Å². The molecular formula is C30H43N2+. The number of hydrogen-bond acceptors (Lipinski definition) is 1. The quantitative estimate of drug-likeness (QED) is 0.445. The van der Waals surface area contributed by atoms with E-state index in [4.69, 9.17) is 0 Å². The van der Waals surface area contributed by atoms with Crippen LogP contribution in [0.5, 0.6) is 0 Å². The van der Waals surface area contributed by atoms with Gasteiger partial charge in [0.1, 0.15) is 5.69 Å². The van der Waals surface area contributed by atoms with Crippen molar-refractivity contribution in [2.24, 2.45) is 5.92 Å². The number of hydrogen-bond donors (Lipinski definition) is 0. The minimum Gasteiger partial charge on any atom is -0.249 e. The van der Waals surface area contributed by atoms with Crippen LogP contribution in [0.4, 0.5) is 5.69 Å². The van der Waals surface area contributed by atoms with Gasteiger partial charge in [0, 0.05) is 23.1 Å². The number of amidine groups is 1. The van der Waals surface area contributed by atoms with Gasteiger partial charge in [0.25, 0.3) is 5.84 Å². The van der Waals surface area contributed by atoms with Gasteiger partial charge in [-0.2, -0.15) is 0 Å². The molecule has 0 saturated heterocycles. The van der Waals surface area contributed by atoms with E-state index in [2.05, 4.69) is 121 Å². The lowest BCUT2D eigenvalue weighted by Gasteiger charge is -2.39. The lowest BCUT2D eigenvalue weighted by Crippen LogP contribution is -2.56. The fourth-order valence-corrected chi connectivity index (χ4v) is 6.71. The highest BCUT2D eigenvalue weighted by atomic mass is 15.4. The van der Waals surface area contributed by atoms with Crippen LogP contribution in [-0.4, -0.2) is 22.0 Å². The van der Waals surface area contributed by atoms with Crippen molar-refractivity contribution in [3.05, 3.63) is 64.7 Å². The highest BCUT2D eigenvalue weighted by molar-refractivity contribution is 6.01. The Bertz CT molecular complexity index is 1030. The van der Waals surface area contributed by atoms with Gasteiger partial charge in [-0.3, -0.25) is 0 Å². The van der Waals surface area contributed by atoms with E-state index in [1.807, 2.05) is 0 Å². The number of nitrogens with zero attached hydrogens (tertiary/aromatic N) is 2. The lowest BCUT2D eigenvalue weighted by atomic mass is 9.77. The van der Waals surface area contributed by atoms with Crippen molar-refractivity contribution in [2.45, 2.75) is 105 Å². The average Bonchev–Trinajstić information content (AvgIpc) is 3.06. The third kappa shape index (κ3) is 2.94. The van der Waals surface area contributed by atoms with Gasteiger partial charge in [-0.15, -0.1) is 0 Å². The average molecular weight is 432 g/mol. The highest BCUT2D eigenvalue weighted by Crippen LogP contribution is 2.57. The summed E-state index contributed by atoms with van der Waals surface area (Å²) >= 11 is 0. The van der Waals surface area contributed by atoms with Gasteiger partial charge in [0.05, 0.1) is 12.0 Å². The number of para-hydroxylation sites is 1. The molecule has 0 amide bonds. The Labute approximate surface area is 196 Å². The summed E-state index contributed by atoms with van der Waals surface area (Å²) in [7, 11) is 0. The van der Waals surface area contributed by atoms with Crippen molar-refractivity contribution >= 4 is 11.5 Å². The first-order valence-electron chi connectivity index (χ1n) is 12.6. The van der Waals surface area contributed by atoms with E-state index in [1.165, 1.54) is 33.8 Å². The monoisotopic (exact) mass is 431 g/mol. The first-order chi connectivity index (χ1) is 15.0. The maximum Gasteiger partial charge on any atom is 0.256 e. The molecule has 172 valence electrons. The molecule has 0 aromatic heterocycles. The zero-order chi connectivity index (χ0) is 23.6. The number of fused-ring (bicyclic) bond motifs is 3. The molecular weight excluding hydrogens is 388 g/mol. The van der Waals surface area contributed by atoms with Crippen molar-refractivity contribution in [3.63, 3.8) is 0 Å². The standard InChI is InChI=1S/C30H43N2/c1-19(2)24-15-13-16-25(20(3)4)27(24)32-28(21(5)6)31(22(7)8)30(10)26-17-12-11-14-23(26)18-29(30,32)9/h11-17,19-22H,18H2,1-10H3/q+1/t29-,30+/m0/s1. The van der Waals surface area contributed by atoms with Crippen LogP contribution < -0.4 is 4.90 Å². The SMILES string of the molecule is CC(C)C1=[N+](C(C)C)[C@]2(C)c3ccccc3C[C@]2(C)N1c1c(C(C)C)cccc1C(C)C. The summed E-state index contributed by atoms with van der Waals surface area (Å²) in [6.07, 6.45) is 1.07. The molecule has 0 bridgehead atoms. The molecule has 0 saturated carbocycles. The summed E-state index contributed by atoms with van der Waals surface area (Å²) in [5.74, 6) is 2.87. The molecule has 4 rings (SSSR count). The molecule has 0 radical (unpaired) electrons. The van der Waals surface area contributed by atoms with Crippen LogP contribution in [0.25, 0.3) is 0 Å². The Morgan fingerprint density at radius 3 is 1.81 bits per heavy atom. The molecule has 0 fully saturated rings. The Hall–Kier alpha value is -2.09. The third-order valence-corrected chi connectivity index (χ3v) is 8.18. The van der Waals surface area contributed by atoms with E-state index in [-0.39, 0.29) is 11.1 Å². The summed E-state index contributed by atoms with van der Waals surface area (Å²) in [6.45, 7) is 23.9. The smallest absolute Gasteiger partial charge is 0.249 e. The predicted molar refractivity (Wildman–Crippen MR) is 138 cm³/mol. The van der Waals surface area contributed by atoms with E-state index in [9.17, 15) is 0 Å². The first-order valence-corrected chi connectivity index (χ1v) is 12.6. The molecule has 2 atom stereocenters. The molecule has 2 heteroatoms. The van der Waals surface area contributed by atoms with Crippen molar-refractivity contribution in [1.82, 2.24) is 0 Å². The van der Waals surface area contributed by atoms with E-state index >= 15 is 0 Å². The molecule has 2 aromatic rings. The van der Waals surface area contributed by atoms with Crippen molar-refractivity contribution < 1.29 is 4.58 Å². The van der Waals surface area contributed by atoms with Crippen molar-refractivity contribution in [3.8, 4) is 0 Å². The first kappa shape index (κ1) is 23.1. The molecule has 0 spiro atoms. The molecule has 0 unspecified atom stereocenters. The van der Waals surface area contributed by atoms with Gasteiger partial charge >= 0.3 is 0 Å². The zero-order valence-corrected chi connectivity index (χ0v) is 22.0. The van der Waals surface area contributed by atoms with Crippen LogP contribution in [0.2, 0.25) is 0 Å². The predicted octanol–water partition coefficient (Wildman–Crippen LogP) is 7.46. The van der Waals surface area contributed by atoms with Crippen LogP contribution in [0.15, 0.2) is 42.5 Å². The van der Waals surface area contributed by atoms with Crippen molar-refractivity contribution in [2.75, 3.05) is 4.90 Å². The third-order valence-electron chi connectivity index (χ3n) is 8.18. The van der Waals surface area contributed by atoms with Crippen LogP contribution in [0, 0.1) is 5.92 Å². The minimum absolute atomic E-state index is 0.0464. The molecule has 0 N–H and O–H groups in total. The maximum atomic E-state index is 2.81. The van der Waals surface area contributed by atoms with Gasteiger partial charge in [0.2, 0.25) is 0 Å². The Morgan fingerprint density at radius 2 is 1.31 bits per heavy atom. The maximum absolute atomic E-state index is 2.81. The summed E-state index contributed by atoms with van der Waals surface area (Å²) in [5, 5.41) is 0. The van der Waals surface area contributed by atoms with E-state index in [0.717, 1.165) is 6.42 Å². The molecule has 32 heavy (non-hydrogen) atoms. The molecule has 1 aliphatic heterocycles. The number of benzene rings is 2. The number of anilines is 1. The minimum atomic E-state index is -0.0737. The van der Waals surface area contributed by atoms with Gasteiger partial charge in [-0.1, -0.05) is 84.0 Å². The Balaban J connectivity index is 2.14. The lowest BCUT2D eigenvalue weighted by molar-refractivity contribution is -0.639. The largest absolute Gasteiger partial charge is 0.256 e. The van der Waals surface area contributed by atoms with E-state index < -0.39 is 0 Å². The summed E-state index contributed by atoms with van der Waals surface area (Å²) < 4.78 is 2.77. The topological polar surface area (TPSA) is 6.25 Å². The second-order valence-electron chi connectivity index (χ2n) is 11.6. The van der Waals surface area contributed by atoms with Crippen LogP contribution in [0.1, 0.15) is 103 Å². The molecule has 2 nitrogen and oxygen atoms in total. The van der Waals surface area contributed by atoms with E-state index in [0.29, 0.717) is 23.8 Å². The number of rotatable bonds is 5. The second-order valence-corrected chi connectivity index (χ2v) is 11.6. The van der Waals surface area contributed by atoms with Gasteiger partial charge in [-0.05, 0) is 45.1 Å². The molecule has 1 heterocycles. The summed E-state index contributed by atoms with van der Waals surface area (Å²) in [6, 6.07) is 16.6. The Morgan fingerprint density at radius 1 is 0.750 bits per heavy atom. The van der Waals surface area contributed by atoms with Crippen LogP contribution >= 0.6 is 0 Å². The normalized spacial score (nSPS) is 25.0. The summed E-state index contributed by atoms with van der Waals surface area (Å²) in [5.41, 5.74) is 7.30. The molecule has 2 aliphatic rings. The zero-order valence-electron chi connectivity index (χ0n) is 22.0. The molecule has 1 aliphatic carbocycles. The van der Waals surface area contributed by atoms with Gasteiger partial charge < -0.3 is 0 Å². The highest BCUT2D eigenvalue weighted by Gasteiger charge is 2.70. The summed E-state index contributed by atoms with van der Waals surface area (Å²) in [4.78, 5) is 2.81. The fraction of sp³-hybridized carbons (Fsp3) is 0.567. The van der Waals surface area contributed by atoms with E-state index in [1.54, 1.807) is 0 Å². The molecule has 2 aromatic carbocycles. The fourth-order valence-electron chi connectivity index (χ4n) is 6.71. The van der Waals surface area contributed by atoms with Crippen LogP contribution in [0.3, 0.4) is 0 Å². The van der Waals surface area contributed by atoms with Gasteiger partial charge in [-0.25, -0.2) is 9.48 Å².